The molecule has 4 nitrogen and oxygen atoms in total. The van der Waals surface area contributed by atoms with Crippen LogP contribution in [0.15, 0.2) is 18.2 Å². The highest BCUT2D eigenvalue weighted by molar-refractivity contribution is 5.62. The molecular weight excluding hydrogens is 238 g/mol. The van der Waals surface area contributed by atoms with Crippen molar-refractivity contribution in [2.45, 2.75) is 19.1 Å². The molecule has 1 saturated heterocycles. The maximum absolute atomic E-state index is 10.7. The van der Waals surface area contributed by atoms with Gasteiger partial charge in [0.2, 0.25) is 0 Å². The molecule has 0 radical (unpaired) electrons. The van der Waals surface area contributed by atoms with Crippen LogP contribution in [0.4, 0.5) is 5.69 Å². The largest absolute Gasteiger partial charge is 0.387 e. The molecule has 1 aromatic rings. The molecule has 2 unspecified atom stereocenters. The number of likely N-dealkylation sites (N-methyl/N-ethyl adjacent to an activating group) is 1. The molecule has 0 amide bonds. The Morgan fingerprint density at radius 2 is 2.00 bits per heavy atom. The van der Waals surface area contributed by atoms with Crippen molar-refractivity contribution in [3.63, 3.8) is 0 Å². The van der Waals surface area contributed by atoms with Crippen molar-refractivity contribution in [1.82, 2.24) is 10.2 Å². The molecule has 4 heteroatoms. The molecule has 104 valence electrons. The SMILES string of the molecule is Cc1cccc2c1N(C)CC(N1CCNCC1)C2O. The Hall–Kier alpha value is -1.10. The fourth-order valence-corrected chi connectivity index (χ4v) is 3.45. The van der Waals surface area contributed by atoms with Gasteiger partial charge in [-0.25, -0.2) is 0 Å². The van der Waals surface area contributed by atoms with Gasteiger partial charge >= 0.3 is 0 Å². The lowest BCUT2D eigenvalue weighted by atomic mass is 9.91. The Labute approximate surface area is 115 Å². The van der Waals surface area contributed by atoms with E-state index in [-0.39, 0.29) is 12.1 Å². The predicted octanol–water partition coefficient (Wildman–Crippen LogP) is 0.752. The number of anilines is 1. The number of aliphatic hydroxyl groups is 1. The number of aryl methyl sites for hydroxylation is 1. The third kappa shape index (κ3) is 2.24. The van der Waals surface area contributed by atoms with Gasteiger partial charge in [-0.3, -0.25) is 4.90 Å². The summed E-state index contributed by atoms with van der Waals surface area (Å²) in [5.74, 6) is 0. The Bertz CT molecular complexity index is 457. The van der Waals surface area contributed by atoms with Crippen LogP contribution >= 0.6 is 0 Å². The fourth-order valence-electron chi connectivity index (χ4n) is 3.45. The molecule has 2 aliphatic rings. The van der Waals surface area contributed by atoms with Crippen LogP contribution in [-0.4, -0.2) is 55.8 Å². The quantitative estimate of drug-likeness (QED) is 0.782. The molecule has 1 aromatic carbocycles. The van der Waals surface area contributed by atoms with Crippen LogP contribution < -0.4 is 10.2 Å². The summed E-state index contributed by atoms with van der Waals surface area (Å²) in [6.07, 6.45) is -0.371. The lowest BCUT2D eigenvalue weighted by Crippen LogP contribution is -2.55. The van der Waals surface area contributed by atoms with Crippen molar-refractivity contribution in [3.8, 4) is 0 Å². The average Bonchev–Trinajstić information content (AvgIpc) is 2.43. The second kappa shape index (κ2) is 5.12. The molecule has 19 heavy (non-hydrogen) atoms. The lowest BCUT2D eigenvalue weighted by molar-refractivity contribution is 0.0406. The number of rotatable bonds is 1. The van der Waals surface area contributed by atoms with E-state index in [0.29, 0.717) is 0 Å². The maximum Gasteiger partial charge on any atom is 0.0982 e. The van der Waals surface area contributed by atoms with Crippen molar-refractivity contribution in [2.24, 2.45) is 0 Å². The molecule has 0 bridgehead atoms. The normalized spacial score (nSPS) is 28.3. The highest BCUT2D eigenvalue weighted by Crippen LogP contribution is 2.37. The van der Waals surface area contributed by atoms with E-state index in [0.717, 1.165) is 38.3 Å². The van der Waals surface area contributed by atoms with Crippen molar-refractivity contribution in [2.75, 3.05) is 44.7 Å². The number of piperazine rings is 1. The van der Waals surface area contributed by atoms with Crippen LogP contribution in [-0.2, 0) is 0 Å². The number of nitrogens with one attached hydrogen (secondary N) is 1. The predicted molar refractivity (Wildman–Crippen MR) is 77.6 cm³/mol. The van der Waals surface area contributed by atoms with Gasteiger partial charge in [0.05, 0.1) is 12.1 Å². The third-order valence-electron chi connectivity index (χ3n) is 4.42. The first-order chi connectivity index (χ1) is 9.18. The van der Waals surface area contributed by atoms with E-state index in [2.05, 4.69) is 41.2 Å². The van der Waals surface area contributed by atoms with Crippen molar-refractivity contribution in [1.29, 1.82) is 0 Å². The molecule has 0 saturated carbocycles. The maximum atomic E-state index is 10.7. The van der Waals surface area contributed by atoms with E-state index < -0.39 is 0 Å². The van der Waals surface area contributed by atoms with Gasteiger partial charge in [0.15, 0.2) is 0 Å². The van der Waals surface area contributed by atoms with Gasteiger partial charge in [-0.2, -0.15) is 0 Å². The minimum atomic E-state index is -0.371. The second-order valence-corrected chi connectivity index (χ2v) is 5.69. The van der Waals surface area contributed by atoms with Gasteiger partial charge in [0, 0.05) is 51.0 Å². The fraction of sp³-hybridized carbons (Fsp3) is 0.600. The summed E-state index contributed by atoms with van der Waals surface area (Å²) in [5.41, 5.74) is 3.54. The van der Waals surface area contributed by atoms with Crippen molar-refractivity contribution < 1.29 is 5.11 Å². The first-order valence-corrected chi connectivity index (χ1v) is 7.12. The van der Waals surface area contributed by atoms with Crippen LogP contribution in [0.5, 0.6) is 0 Å². The molecule has 2 N–H and O–H groups in total. The zero-order chi connectivity index (χ0) is 13.4. The Kier molecular flexibility index (Phi) is 3.48. The van der Waals surface area contributed by atoms with Gasteiger partial charge < -0.3 is 15.3 Å². The summed E-state index contributed by atoms with van der Waals surface area (Å²) >= 11 is 0. The molecule has 0 aliphatic carbocycles. The zero-order valence-electron chi connectivity index (χ0n) is 11.8. The van der Waals surface area contributed by atoms with Gasteiger partial charge in [-0.05, 0) is 12.5 Å². The summed E-state index contributed by atoms with van der Waals surface area (Å²) in [4.78, 5) is 4.72. The standard InChI is InChI=1S/C15H23N3O/c1-11-4-3-5-12-14(11)17(2)10-13(15(12)19)18-8-6-16-7-9-18/h3-5,13,15-16,19H,6-10H2,1-2H3. The molecule has 2 aliphatic heterocycles. The third-order valence-corrected chi connectivity index (χ3v) is 4.42. The lowest BCUT2D eigenvalue weighted by Gasteiger charge is -2.44. The number of para-hydroxylation sites is 1. The number of hydrogen-bond acceptors (Lipinski definition) is 4. The Morgan fingerprint density at radius 3 is 2.74 bits per heavy atom. The smallest absolute Gasteiger partial charge is 0.0982 e. The van der Waals surface area contributed by atoms with E-state index in [9.17, 15) is 5.11 Å². The average molecular weight is 261 g/mol. The van der Waals surface area contributed by atoms with E-state index in [4.69, 9.17) is 0 Å². The highest BCUT2D eigenvalue weighted by atomic mass is 16.3. The monoisotopic (exact) mass is 261 g/mol. The van der Waals surface area contributed by atoms with Gasteiger partial charge in [0.1, 0.15) is 0 Å². The number of fused-ring (bicyclic) bond motifs is 1. The topological polar surface area (TPSA) is 38.7 Å². The zero-order valence-corrected chi connectivity index (χ0v) is 11.8. The van der Waals surface area contributed by atoms with E-state index in [1.165, 1.54) is 11.3 Å². The van der Waals surface area contributed by atoms with Crippen LogP contribution in [0.1, 0.15) is 17.2 Å². The summed E-state index contributed by atoms with van der Waals surface area (Å²) in [7, 11) is 2.13. The molecule has 0 spiro atoms. The summed E-state index contributed by atoms with van der Waals surface area (Å²) in [5, 5.41) is 14.1. The molecule has 1 fully saturated rings. The Morgan fingerprint density at radius 1 is 1.26 bits per heavy atom. The molecule has 2 atom stereocenters. The number of nitrogens with zero attached hydrogens (tertiary/aromatic N) is 2. The first kappa shape index (κ1) is 12.9. The highest BCUT2D eigenvalue weighted by Gasteiger charge is 2.35. The second-order valence-electron chi connectivity index (χ2n) is 5.69. The van der Waals surface area contributed by atoms with Gasteiger partial charge in [-0.1, -0.05) is 18.2 Å². The minimum Gasteiger partial charge on any atom is -0.387 e. The van der Waals surface area contributed by atoms with Crippen LogP contribution in [0, 0.1) is 6.92 Å². The molecule has 0 aromatic heterocycles. The van der Waals surface area contributed by atoms with E-state index >= 15 is 0 Å². The van der Waals surface area contributed by atoms with Crippen LogP contribution in [0.25, 0.3) is 0 Å². The molecule has 2 heterocycles. The van der Waals surface area contributed by atoms with Crippen molar-refractivity contribution >= 4 is 5.69 Å². The molecule has 3 rings (SSSR count). The van der Waals surface area contributed by atoms with E-state index in [1.54, 1.807) is 0 Å². The summed E-state index contributed by atoms with van der Waals surface area (Å²) < 4.78 is 0. The van der Waals surface area contributed by atoms with Crippen molar-refractivity contribution in [3.05, 3.63) is 29.3 Å². The number of aliphatic hydroxyl groups excluding tert-OH is 1. The minimum absolute atomic E-state index is 0.210. The summed E-state index contributed by atoms with van der Waals surface area (Å²) in [6, 6.07) is 6.44. The van der Waals surface area contributed by atoms with Gasteiger partial charge in [-0.15, -0.1) is 0 Å². The van der Waals surface area contributed by atoms with E-state index in [1.807, 2.05) is 6.07 Å². The first-order valence-electron chi connectivity index (χ1n) is 7.12. The number of hydrogen-bond donors (Lipinski definition) is 2. The molecular formula is C15H23N3O. The van der Waals surface area contributed by atoms with Crippen LogP contribution in [0.3, 0.4) is 0 Å². The Balaban J connectivity index is 1.91. The number of benzene rings is 1. The van der Waals surface area contributed by atoms with Gasteiger partial charge in [0.25, 0.3) is 0 Å². The van der Waals surface area contributed by atoms with Crippen LogP contribution in [0.2, 0.25) is 0 Å². The summed E-state index contributed by atoms with van der Waals surface area (Å²) in [6.45, 7) is 7.11.